The summed E-state index contributed by atoms with van der Waals surface area (Å²) in [5.41, 5.74) is 0. The van der Waals surface area contributed by atoms with Crippen molar-refractivity contribution in [1.29, 1.82) is 0 Å². The van der Waals surface area contributed by atoms with Crippen LogP contribution in [0.1, 0.15) is 25.7 Å². The Kier molecular flexibility index (Phi) is 37.5. The molecule has 0 aromatic heterocycles. The minimum absolute atomic E-state index is 0. The van der Waals surface area contributed by atoms with Crippen molar-refractivity contribution in [3.8, 4) is 0 Å². The second-order valence-electron chi connectivity index (χ2n) is 6.21. The van der Waals surface area contributed by atoms with E-state index in [1.54, 1.807) is 0 Å². The molecule has 0 N–H and O–H groups in total. The van der Waals surface area contributed by atoms with Crippen LogP contribution in [0.2, 0.25) is 0 Å². The molecule has 33 heavy (non-hydrogen) atoms. The number of unbranched alkanes of at least 4 members (excludes halogenated alkanes) is 3. The normalized spacial score (nSPS) is 12.1. The van der Waals surface area contributed by atoms with Crippen molar-refractivity contribution in [2.75, 3.05) is 38.2 Å². The molecule has 0 aromatic rings. The molecule has 0 amide bonds. The third-order valence-electron chi connectivity index (χ3n) is 3.19. The van der Waals surface area contributed by atoms with Crippen molar-refractivity contribution in [1.82, 2.24) is 9.80 Å². The Labute approximate surface area is 304 Å². The van der Waals surface area contributed by atoms with Crippen molar-refractivity contribution in [2.24, 2.45) is 0 Å². The van der Waals surface area contributed by atoms with Crippen LogP contribution < -0.4 is 187 Å². The predicted octanol–water partition coefficient (Wildman–Crippen LogP) is -20.3. The predicted molar refractivity (Wildman–Crippen MR) is 81.8 cm³/mol. The Balaban J connectivity index is -0.000000364. The summed E-state index contributed by atoms with van der Waals surface area (Å²) in [7, 11) is -20.3. The van der Waals surface area contributed by atoms with Crippen LogP contribution in [0.5, 0.6) is 0 Å². The Bertz CT molecular complexity index is 567. The summed E-state index contributed by atoms with van der Waals surface area (Å²) in [6.07, 6.45) is -3.48. The second-order valence-corrected chi connectivity index (χ2v) is 12.2. The summed E-state index contributed by atoms with van der Waals surface area (Å²) in [4.78, 5) is 87.4. The van der Waals surface area contributed by atoms with Gasteiger partial charge in [0.15, 0.2) is 0 Å². The third-order valence-corrected chi connectivity index (χ3v) is 6.18. The number of rotatable bonds is 15. The van der Waals surface area contributed by atoms with Gasteiger partial charge in [-0.2, -0.15) is 0 Å². The molecule has 170 valence electrons. The topological polar surface area (TPSA) is 259 Å². The standard InChI is InChI=1S/C10H28N2O12P4.5Na/c13-25(14,15)7-11(8-26(16,17)18)5-3-1-2-4-6-12(9-27(19,20)21)10-28(22,23)24;;;;;/h1-10H2,(H2,13,14,15)(H2,16,17,18)(H2,19,20,21)(H2,22,23,24);;;;;/q;5*+1/p-8. The van der Waals surface area contributed by atoms with Crippen LogP contribution in [0.3, 0.4) is 0 Å². The first-order valence-electron chi connectivity index (χ1n) is 7.85. The van der Waals surface area contributed by atoms with Crippen LogP contribution in [0.15, 0.2) is 0 Å². The first-order valence-corrected chi connectivity index (χ1v) is 14.8. The molecule has 0 spiro atoms. The molecule has 0 heterocycles. The Morgan fingerprint density at radius 2 is 0.576 bits per heavy atom. The maximum atomic E-state index is 10.7. The molecular weight excluding hydrogens is 579 g/mol. The largest absolute Gasteiger partial charge is 1.00 e. The van der Waals surface area contributed by atoms with Gasteiger partial charge in [0.1, 0.15) is 0 Å². The van der Waals surface area contributed by atoms with Gasteiger partial charge in [-0.1, -0.05) is 43.2 Å². The zero-order valence-corrected chi connectivity index (χ0v) is 33.2. The molecule has 0 saturated heterocycles. The van der Waals surface area contributed by atoms with Gasteiger partial charge in [0, 0.05) is 25.1 Å². The van der Waals surface area contributed by atoms with Crippen LogP contribution in [-0.4, -0.2) is 48.0 Å². The van der Waals surface area contributed by atoms with Crippen molar-refractivity contribution in [3.05, 3.63) is 0 Å². The molecule has 0 fully saturated rings. The molecule has 0 atom stereocenters. The first kappa shape index (κ1) is 51.3. The van der Waals surface area contributed by atoms with E-state index in [0.29, 0.717) is 22.6 Å². The van der Waals surface area contributed by atoms with E-state index < -0.39 is 55.5 Å². The van der Waals surface area contributed by atoms with E-state index in [4.69, 9.17) is 0 Å². The second kappa shape index (κ2) is 24.2. The van der Waals surface area contributed by atoms with Gasteiger partial charge in [-0.3, -0.25) is 9.80 Å². The summed E-state index contributed by atoms with van der Waals surface area (Å²) < 4.78 is 43.0. The van der Waals surface area contributed by atoms with E-state index in [2.05, 4.69) is 0 Å². The SMILES string of the molecule is O=P([O-])([O-])CN(CCCCCCN(CP(=O)([O-])[O-])CP(=O)([O-])[O-])CP(=O)([O-])[O-].[Na+].[Na+].[Na+].[Na+].[Na+]. The summed E-state index contributed by atoms with van der Waals surface area (Å²) in [6, 6.07) is 0. The number of nitrogens with zero attached hydrogens (tertiary/aromatic N) is 2. The van der Waals surface area contributed by atoms with Crippen molar-refractivity contribution < 1.29 is 205 Å². The molecule has 0 radical (unpaired) electrons. The van der Waals surface area contributed by atoms with Gasteiger partial charge in [-0.15, -0.1) is 0 Å². The third kappa shape index (κ3) is 39.7. The minimum Gasteiger partial charge on any atom is -0.810 e. The number of hydrogen-bond acceptors (Lipinski definition) is 14. The van der Waals surface area contributed by atoms with Crippen LogP contribution in [0, 0.1) is 0 Å². The Morgan fingerprint density at radius 3 is 0.727 bits per heavy atom. The summed E-state index contributed by atoms with van der Waals surface area (Å²) in [5.74, 6) is 0. The molecule has 0 unspecified atom stereocenters. The minimum atomic E-state index is -5.07. The fourth-order valence-corrected chi connectivity index (χ4v) is 5.62. The molecule has 0 rings (SSSR count). The fraction of sp³-hybridized carbons (Fsp3) is 1.00. The van der Waals surface area contributed by atoms with Gasteiger partial charge in [0.25, 0.3) is 0 Å². The Hall–Kier alpha value is 5.52. The van der Waals surface area contributed by atoms with Crippen molar-refractivity contribution >= 4 is 30.4 Å². The molecular formula is C10H20N2Na5O12P4-3. The monoisotopic (exact) mass is 599 g/mol. The van der Waals surface area contributed by atoms with E-state index in [1.807, 2.05) is 0 Å². The van der Waals surface area contributed by atoms with Crippen LogP contribution >= 0.6 is 30.4 Å². The fourth-order valence-electron chi connectivity index (χ4n) is 2.38. The van der Waals surface area contributed by atoms with Crippen molar-refractivity contribution in [3.63, 3.8) is 0 Å². The number of hydrogen-bond donors (Lipinski definition) is 0. The molecule has 0 aliphatic carbocycles. The van der Waals surface area contributed by atoms with Crippen LogP contribution in [0.4, 0.5) is 0 Å². The summed E-state index contributed by atoms with van der Waals surface area (Å²) in [6.45, 7) is -0.363. The zero-order valence-electron chi connectivity index (χ0n) is 19.7. The van der Waals surface area contributed by atoms with Gasteiger partial charge in [0.05, 0.1) is 0 Å². The first-order chi connectivity index (χ1) is 12.4. The van der Waals surface area contributed by atoms with Gasteiger partial charge in [-0.25, -0.2) is 0 Å². The summed E-state index contributed by atoms with van der Waals surface area (Å²) in [5, 5.41) is 0. The molecule has 0 bridgehead atoms. The van der Waals surface area contributed by atoms with Crippen LogP contribution in [-0.2, 0) is 18.3 Å². The van der Waals surface area contributed by atoms with E-state index in [1.165, 1.54) is 0 Å². The smallest absolute Gasteiger partial charge is 0.810 e. The van der Waals surface area contributed by atoms with Crippen LogP contribution in [0.25, 0.3) is 0 Å². The maximum Gasteiger partial charge on any atom is 1.00 e. The molecule has 0 saturated carbocycles. The van der Waals surface area contributed by atoms with E-state index in [-0.39, 0.29) is 174 Å². The van der Waals surface area contributed by atoms with Gasteiger partial charge < -0.3 is 57.4 Å². The average Bonchev–Trinajstić information content (AvgIpc) is 2.34. The molecule has 0 aliphatic heterocycles. The molecule has 0 aliphatic rings. The van der Waals surface area contributed by atoms with Crippen molar-refractivity contribution in [2.45, 2.75) is 25.7 Å². The average molecular weight is 599 g/mol. The van der Waals surface area contributed by atoms with E-state index in [9.17, 15) is 57.4 Å². The molecule has 23 heteroatoms. The Morgan fingerprint density at radius 1 is 0.394 bits per heavy atom. The molecule has 14 nitrogen and oxygen atoms in total. The maximum absolute atomic E-state index is 10.7. The van der Waals surface area contributed by atoms with E-state index >= 15 is 0 Å². The zero-order chi connectivity index (χ0) is 22.2. The van der Waals surface area contributed by atoms with Gasteiger partial charge in [-0.05, 0) is 25.9 Å². The van der Waals surface area contributed by atoms with E-state index in [0.717, 1.165) is 0 Å². The van der Waals surface area contributed by atoms with Gasteiger partial charge >= 0.3 is 148 Å². The quantitative estimate of drug-likeness (QED) is 0.0962. The molecule has 0 aromatic carbocycles. The summed E-state index contributed by atoms with van der Waals surface area (Å²) >= 11 is 0. The van der Waals surface area contributed by atoms with Gasteiger partial charge in [0.2, 0.25) is 0 Å².